The molecule has 17 heavy (non-hydrogen) atoms. The van der Waals surface area contributed by atoms with E-state index in [2.05, 4.69) is 20.3 Å². The smallest absolute Gasteiger partial charge is 0.0428 e. The van der Waals surface area contributed by atoms with Crippen LogP contribution in [0.2, 0.25) is 5.02 Å². The minimum Gasteiger partial charge on any atom is -0.219 e. The fraction of sp³-hybridized carbons (Fsp3) is 0. The van der Waals surface area contributed by atoms with E-state index in [1.165, 1.54) is 11.9 Å². The fourth-order valence-electron chi connectivity index (χ4n) is 1.19. The van der Waals surface area contributed by atoms with Crippen LogP contribution >= 0.6 is 39.5 Å². The average molecular weight is 327 g/mol. The summed E-state index contributed by atoms with van der Waals surface area (Å²) in [7, 11) is 0. The van der Waals surface area contributed by atoms with E-state index in [0.29, 0.717) is 0 Å². The Hall–Kier alpha value is -0.770. The number of nitrogens with zero attached hydrogens (tertiary/aromatic N) is 1. The van der Waals surface area contributed by atoms with Gasteiger partial charge in [-0.1, -0.05) is 39.7 Å². The molecule has 0 atom stereocenters. The lowest BCUT2D eigenvalue weighted by Gasteiger charge is -1.95. The highest BCUT2D eigenvalue weighted by Gasteiger charge is 1.92. The van der Waals surface area contributed by atoms with Gasteiger partial charge >= 0.3 is 0 Å². The van der Waals surface area contributed by atoms with E-state index in [1.807, 2.05) is 54.7 Å². The Labute approximate surface area is 118 Å². The third-order valence-corrected chi connectivity index (χ3v) is 3.52. The van der Waals surface area contributed by atoms with Crippen molar-refractivity contribution >= 4 is 45.7 Å². The van der Waals surface area contributed by atoms with E-state index in [0.717, 1.165) is 20.0 Å². The van der Waals surface area contributed by atoms with E-state index in [9.17, 15) is 0 Å². The van der Waals surface area contributed by atoms with Gasteiger partial charge in [-0.3, -0.25) is 0 Å². The van der Waals surface area contributed by atoms with Crippen LogP contribution in [-0.4, -0.2) is 6.21 Å². The molecule has 4 heteroatoms. The average Bonchev–Trinajstić information content (AvgIpc) is 2.34. The highest BCUT2D eigenvalue weighted by molar-refractivity contribution is 9.10. The largest absolute Gasteiger partial charge is 0.219 e. The van der Waals surface area contributed by atoms with Gasteiger partial charge in [0.25, 0.3) is 0 Å². The molecule has 0 fully saturated rings. The van der Waals surface area contributed by atoms with Gasteiger partial charge < -0.3 is 0 Å². The van der Waals surface area contributed by atoms with Gasteiger partial charge in [-0.15, -0.1) is 0 Å². The zero-order valence-electron chi connectivity index (χ0n) is 8.81. The molecule has 0 saturated carbocycles. The number of hydrogen-bond donors (Lipinski definition) is 0. The molecule has 0 amide bonds. The summed E-state index contributed by atoms with van der Waals surface area (Å²) in [5.74, 6) is 0. The lowest BCUT2D eigenvalue weighted by Crippen LogP contribution is -1.78. The van der Waals surface area contributed by atoms with Gasteiger partial charge in [0, 0.05) is 32.6 Å². The van der Waals surface area contributed by atoms with Crippen LogP contribution < -0.4 is 0 Å². The van der Waals surface area contributed by atoms with Crippen molar-refractivity contribution in [2.75, 3.05) is 0 Å². The molecular weight excluding hydrogens is 318 g/mol. The van der Waals surface area contributed by atoms with Crippen LogP contribution in [0.4, 0.5) is 0 Å². The maximum atomic E-state index is 5.80. The van der Waals surface area contributed by atoms with Crippen molar-refractivity contribution in [3.05, 3.63) is 63.6 Å². The van der Waals surface area contributed by atoms with Crippen molar-refractivity contribution < 1.29 is 0 Å². The van der Waals surface area contributed by atoms with E-state index < -0.39 is 0 Å². The van der Waals surface area contributed by atoms with Crippen LogP contribution in [0, 0.1) is 0 Å². The predicted octanol–water partition coefficient (Wildman–Crippen LogP) is 5.23. The number of benzene rings is 2. The van der Waals surface area contributed by atoms with Crippen molar-refractivity contribution in [3.63, 3.8) is 0 Å². The van der Waals surface area contributed by atoms with E-state index in [-0.39, 0.29) is 0 Å². The Morgan fingerprint density at radius 2 is 1.65 bits per heavy atom. The first-order valence-electron chi connectivity index (χ1n) is 4.95. The molecule has 2 aromatic carbocycles. The highest BCUT2D eigenvalue weighted by Crippen LogP contribution is 2.21. The summed E-state index contributed by atoms with van der Waals surface area (Å²) in [6, 6.07) is 15.6. The van der Waals surface area contributed by atoms with Crippen molar-refractivity contribution in [2.45, 2.75) is 4.90 Å². The van der Waals surface area contributed by atoms with Crippen molar-refractivity contribution in [1.82, 2.24) is 0 Å². The third kappa shape index (κ3) is 4.19. The molecule has 0 N–H and O–H groups in total. The molecule has 0 aliphatic heterocycles. The number of rotatable bonds is 3. The summed E-state index contributed by atoms with van der Waals surface area (Å²) in [6.07, 6.45) is 1.84. The number of halogens is 2. The normalized spacial score (nSPS) is 10.9. The van der Waals surface area contributed by atoms with Crippen LogP contribution in [0.3, 0.4) is 0 Å². The minimum atomic E-state index is 0.742. The lowest BCUT2D eigenvalue weighted by atomic mass is 10.2. The minimum absolute atomic E-state index is 0.742. The lowest BCUT2D eigenvalue weighted by molar-refractivity contribution is 1.46. The molecule has 2 aromatic rings. The van der Waals surface area contributed by atoms with E-state index >= 15 is 0 Å². The summed E-state index contributed by atoms with van der Waals surface area (Å²) in [5, 5.41) is 0.742. The first-order valence-corrected chi connectivity index (χ1v) is 6.90. The maximum absolute atomic E-state index is 5.80. The van der Waals surface area contributed by atoms with Gasteiger partial charge in [0.1, 0.15) is 0 Å². The summed E-state index contributed by atoms with van der Waals surface area (Å²) in [4.78, 5) is 1.07. The molecule has 2 rings (SSSR count). The first-order chi connectivity index (χ1) is 8.24. The molecule has 0 aliphatic rings. The number of hydrogen-bond acceptors (Lipinski definition) is 2. The quantitative estimate of drug-likeness (QED) is 0.556. The molecule has 0 aliphatic carbocycles. The highest BCUT2D eigenvalue weighted by atomic mass is 79.9. The van der Waals surface area contributed by atoms with Gasteiger partial charge in [0.15, 0.2) is 0 Å². The zero-order valence-corrected chi connectivity index (χ0v) is 12.0. The van der Waals surface area contributed by atoms with E-state index in [1.54, 1.807) is 0 Å². The molecule has 0 heterocycles. The molecule has 0 aromatic heterocycles. The Balaban J connectivity index is 1.97. The molecule has 0 unspecified atom stereocenters. The molecule has 0 saturated heterocycles. The summed E-state index contributed by atoms with van der Waals surface area (Å²) < 4.78 is 5.37. The summed E-state index contributed by atoms with van der Waals surface area (Å²) in [6.45, 7) is 0. The van der Waals surface area contributed by atoms with Gasteiger partial charge in [-0.25, -0.2) is 4.40 Å². The Bertz CT molecular complexity index is 508. The zero-order chi connectivity index (χ0) is 12.1. The second kappa shape index (κ2) is 6.24. The van der Waals surface area contributed by atoms with Crippen LogP contribution in [-0.2, 0) is 0 Å². The Kier molecular flexibility index (Phi) is 4.66. The van der Waals surface area contributed by atoms with Crippen molar-refractivity contribution in [3.8, 4) is 0 Å². The van der Waals surface area contributed by atoms with Crippen LogP contribution in [0.25, 0.3) is 0 Å². The van der Waals surface area contributed by atoms with Crippen LogP contribution in [0.15, 0.2) is 62.3 Å². The van der Waals surface area contributed by atoms with E-state index in [4.69, 9.17) is 11.6 Å². The first kappa shape index (κ1) is 12.7. The summed E-state index contributed by atoms with van der Waals surface area (Å²) in [5.41, 5.74) is 1.08. The van der Waals surface area contributed by atoms with Gasteiger partial charge in [-0.05, 0) is 42.0 Å². The standard InChI is InChI=1S/C13H9BrClNS/c14-11-3-1-10(2-4-11)9-16-17-13-7-5-12(15)6-8-13/h1-9H/b16-9+. The molecular formula is C13H9BrClNS. The second-order valence-corrected chi connectivity index (χ2v) is 5.55. The SMILES string of the molecule is Clc1ccc(S/N=C/c2ccc(Br)cc2)cc1. The Morgan fingerprint density at radius 1 is 1.00 bits per heavy atom. The second-order valence-electron chi connectivity index (χ2n) is 3.33. The summed E-state index contributed by atoms with van der Waals surface area (Å²) >= 11 is 10.6. The molecule has 0 bridgehead atoms. The van der Waals surface area contributed by atoms with Crippen LogP contribution in [0.5, 0.6) is 0 Å². The monoisotopic (exact) mass is 325 g/mol. The maximum Gasteiger partial charge on any atom is 0.0428 e. The predicted molar refractivity (Wildman–Crippen MR) is 79.0 cm³/mol. The van der Waals surface area contributed by atoms with Gasteiger partial charge in [0.05, 0.1) is 0 Å². The molecule has 86 valence electrons. The van der Waals surface area contributed by atoms with Gasteiger partial charge in [-0.2, -0.15) is 0 Å². The van der Waals surface area contributed by atoms with Crippen molar-refractivity contribution in [1.29, 1.82) is 0 Å². The molecule has 0 spiro atoms. The third-order valence-electron chi connectivity index (χ3n) is 2.04. The van der Waals surface area contributed by atoms with Gasteiger partial charge in [0.2, 0.25) is 0 Å². The van der Waals surface area contributed by atoms with Crippen LogP contribution in [0.1, 0.15) is 5.56 Å². The van der Waals surface area contributed by atoms with Crippen molar-refractivity contribution in [2.24, 2.45) is 4.40 Å². The molecule has 1 nitrogen and oxygen atoms in total. The topological polar surface area (TPSA) is 12.4 Å². The molecule has 0 radical (unpaired) electrons. The Morgan fingerprint density at radius 3 is 2.29 bits per heavy atom. The fourth-order valence-corrected chi connectivity index (χ4v) is 2.14.